The van der Waals surface area contributed by atoms with Crippen molar-refractivity contribution in [3.63, 3.8) is 0 Å². The molecular weight excluding hydrogens is 494 g/mol. The van der Waals surface area contributed by atoms with Crippen LogP contribution in [0, 0.1) is 5.92 Å². The van der Waals surface area contributed by atoms with Gasteiger partial charge in [-0.2, -0.15) is 4.31 Å². The Morgan fingerprint density at radius 3 is 2.51 bits per heavy atom. The lowest BCUT2D eigenvalue weighted by Crippen LogP contribution is -2.54. The van der Waals surface area contributed by atoms with Crippen LogP contribution in [0.2, 0.25) is 0 Å². The molecule has 0 aliphatic carbocycles. The highest BCUT2D eigenvalue weighted by atomic mass is 32.2. The van der Waals surface area contributed by atoms with Crippen LogP contribution in [0.4, 0.5) is 0 Å². The summed E-state index contributed by atoms with van der Waals surface area (Å²) in [7, 11) is -3.94. The van der Waals surface area contributed by atoms with Crippen LogP contribution in [0.3, 0.4) is 0 Å². The number of ketones is 1. The maximum Gasteiger partial charge on any atom is 0.260 e. The van der Waals surface area contributed by atoms with Crippen molar-refractivity contribution in [2.75, 3.05) is 13.1 Å². The van der Waals surface area contributed by atoms with Gasteiger partial charge in [-0.25, -0.2) is 13.4 Å². The van der Waals surface area contributed by atoms with Crippen LogP contribution in [0.25, 0.3) is 10.9 Å². The summed E-state index contributed by atoms with van der Waals surface area (Å²) in [4.78, 5) is 47.5. The predicted molar refractivity (Wildman–Crippen MR) is 137 cm³/mol. The quantitative estimate of drug-likeness (QED) is 0.482. The molecule has 2 unspecified atom stereocenters. The second-order valence-electron chi connectivity index (χ2n) is 9.25. The number of sulfonamides is 1. The summed E-state index contributed by atoms with van der Waals surface area (Å²) in [6.07, 6.45) is 3.64. The summed E-state index contributed by atoms with van der Waals surface area (Å²) in [5, 5.41) is 6.19. The molecule has 2 amide bonds. The van der Waals surface area contributed by atoms with E-state index in [2.05, 4.69) is 20.6 Å². The van der Waals surface area contributed by atoms with Crippen molar-refractivity contribution in [1.29, 1.82) is 0 Å². The summed E-state index contributed by atoms with van der Waals surface area (Å²) in [6.45, 7) is 3.35. The van der Waals surface area contributed by atoms with Gasteiger partial charge in [-0.05, 0) is 43.0 Å². The third-order valence-electron chi connectivity index (χ3n) is 6.29. The Balaban J connectivity index is 1.46. The van der Waals surface area contributed by atoms with E-state index in [9.17, 15) is 22.8 Å². The minimum Gasteiger partial charge on any atom is -0.344 e. The number of hydrogen-bond acceptors (Lipinski definition) is 7. The number of pyridine rings is 2. The smallest absolute Gasteiger partial charge is 0.260 e. The van der Waals surface area contributed by atoms with Crippen LogP contribution in [-0.4, -0.2) is 65.5 Å². The van der Waals surface area contributed by atoms with Crippen molar-refractivity contribution in [1.82, 2.24) is 24.9 Å². The summed E-state index contributed by atoms with van der Waals surface area (Å²) < 4.78 is 27.0. The second-order valence-corrected chi connectivity index (χ2v) is 11.1. The molecular formula is C26H29N5O5S. The lowest BCUT2D eigenvalue weighted by molar-refractivity contribution is -0.129. The number of Topliss-reactive ketones (excluding diaryl/α,β-unsaturated/α-hetero) is 1. The van der Waals surface area contributed by atoms with Gasteiger partial charge in [0.1, 0.15) is 6.04 Å². The molecule has 1 aliphatic rings. The van der Waals surface area contributed by atoms with Gasteiger partial charge in [-0.15, -0.1) is 0 Å². The molecule has 1 saturated heterocycles. The maximum absolute atomic E-state index is 13.2. The standard InChI is InChI=1S/C26H29N5O5S/c1-17(2)23(30-25(33)19-10-5-8-18-9-6-14-28-24(18)19)26(34)29-20-11-7-15-31(16-21(20)32)37(35,36)22-12-3-4-13-27-22/h3-6,8-10,12-14,17,20,23H,7,11,15-16H2,1-2H3,(H,29,34)(H,30,33). The van der Waals surface area contributed by atoms with Gasteiger partial charge in [0.25, 0.3) is 15.9 Å². The number of rotatable bonds is 7. The zero-order chi connectivity index (χ0) is 26.6. The highest BCUT2D eigenvalue weighted by Crippen LogP contribution is 2.19. The lowest BCUT2D eigenvalue weighted by atomic mass is 10.0. The third-order valence-corrected chi connectivity index (χ3v) is 8.05. The van der Waals surface area contributed by atoms with Crippen molar-refractivity contribution >= 4 is 38.5 Å². The van der Waals surface area contributed by atoms with Gasteiger partial charge in [-0.1, -0.05) is 38.1 Å². The number of fused-ring (bicyclic) bond motifs is 1. The van der Waals surface area contributed by atoms with Crippen LogP contribution < -0.4 is 10.6 Å². The molecule has 11 heteroatoms. The Kier molecular flexibility index (Phi) is 7.94. The zero-order valence-corrected chi connectivity index (χ0v) is 21.4. The fourth-order valence-electron chi connectivity index (χ4n) is 4.29. The Morgan fingerprint density at radius 1 is 1.03 bits per heavy atom. The van der Waals surface area contributed by atoms with E-state index >= 15 is 0 Å². The van der Waals surface area contributed by atoms with Crippen LogP contribution in [0.1, 0.15) is 37.0 Å². The Bertz CT molecular complexity index is 1410. The van der Waals surface area contributed by atoms with Crippen molar-refractivity contribution in [2.45, 2.75) is 43.8 Å². The molecule has 37 heavy (non-hydrogen) atoms. The van der Waals surface area contributed by atoms with Crippen molar-refractivity contribution in [3.8, 4) is 0 Å². The Hall–Kier alpha value is -3.70. The van der Waals surface area contributed by atoms with E-state index in [1.165, 1.54) is 12.3 Å². The largest absolute Gasteiger partial charge is 0.344 e. The number of nitrogens with one attached hydrogen (secondary N) is 2. The summed E-state index contributed by atoms with van der Waals surface area (Å²) in [5.74, 6) is -1.64. The average Bonchev–Trinajstić information content (AvgIpc) is 3.08. The first kappa shape index (κ1) is 26.4. The minimum atomic E-state index is -3.94. The molecule has 3 heterocycles. The van der Waals surface area contributed by atoms with E-state index in [-0.39, 0.29) is 30.5 Å². The van der Waals surface area contributed by atoms with E-state index in [1.807, 2.05) is 12.1 Å². The lowest BCUT2D eigenvalue weighted by Gasteiger charge is -2.25. The predicted octanol–water partition coefficient (Wildman–Crippen LogP) is 1.92. The number of benzene rings is 1. The van der Waals surface area contributed by atoms with Crippen molar-refractivity contribution < 1.29 is 22.8 Å². The van der Waals surface area contributed by atoms with E-state index in [0.29, 0.717) is 17.5 Å². The zero-order valence-electron chi connectivity index (χ0n) is 20.6. The molecule has 2 N–H and O–H groups in total. The van der Waals surface area contributed by atoms with Crippen LogP contribution in [0.15, 0.2) is 66.0 Å². The molecule has 2 aromatic heterocycles. The molecule has 1 fully saturated rings. The van der Waals surface area contributed by atoms with Gasteiger partial charge in [0, 0.05) is 24.3 Å². The monoisotopic (exact) mass is 523 g/mol. The van der Waals surface area contributed by atoms with Crippen molar-refractivity contribution in [2.24, 2.45) is 5.92 Å². The topological polar surface area (TPSA) is 138 Å². The van der Waals surface area contributed by atoms with Crippen LogP contribution >= 0.6 is 0 Å². The molecule has 1 aromatic carbocycles. The Labute approximate surface area is 215 Å². The maximum atomic E-state index is 13.2. The number of aromatic nitrogens is 2. The van der Waals surface area contributed by atoms with E-state index < -0.39 is 39.7 Å². The number of carbonyl (C=O) groups is 3. The number of hydrogen-bond donors (Lipinski definition) is 2. The molecule has 4 rings (SSSR count). The minimum absolute atomic E-state index is 0.129. The molecule has 10 nitrogen and oxygen atoms in total. The normalized spacial score (nSPS) is 17.8. The summed E-state index contributed by atoms with van der Waals surface area (Å²) in [6, 6.07) is 11.7. The fourth-order valence-corrected chi connectivity index (χ4v) is 5.66. The summed E-state index contributed by atoms with van der Waals surface area (Å²) in [5.41, 5.74) is 0.871. The number of carbonyl (C=O) groups excluding carboxylic acids is 3. The molecule has 2 atom stereocenters. The van der Waals surface area contributed by atoms with Gasteiger partial charge in [0.2, 0.25) is 5.91 Å². The van der Waals surface area contributed by atoms with Crippen LogP contribution in [0.5, 0.6) is 0 Å². The molecule has 1 aliphatic heterocycles. The van der Waals surface area contributed by atoms with E-state index in [1.54, 1.807) is 50.4 Å². The number of nitrogens with zero attached hydrogens (tertiary/aromatic N) is 3. The SMILES string of the molecule is CC(C)C(NC(=O)c1cccc2cccnc12)C(=O)NC1CCCN(S(=O)(=O)c2ccccn2)CC1=O. The van der Waals surface area contributed by atoms with Crippen LogP contribution in [-0.2, 0) is 19.6 Å². The first-order valence-electron chi connectivity index (χ1n) is 12.1. The number of para-hydroxylation sites is 1. The van der Waals surface area contributed by atoms with Gasteiger partial charge >= 0.3 is 0 Å². The summed E-state index contributed by atoms with van der Waals surface area (Å²) >= 11 is 0. The van der Waals surface area contributed by atoms with Gasteiger partial charge in [0.15, 0.2) is 10.8 Å². The highest BCUT2D eigenvalue weighted by molar-refractivity contribution is 7.89. The molecule has 0 bridgehead atoms. The number of amides is 2. The molecule has 194 valence electrons. The molecule has 0 spiro atoms. The first-order chi connectivity index (χ1) is 17.7. The fraction of sp³-hybridized carbons (Fsp3) is 0.346. The van der Waals surface area contributed by atoms with E-state index in [4.69, 9.17) is 0 Å². The average molecular weight is 524 g/mol. The van der Waals surface area contributed by atoms with Gasteiger partial charge in [0.05, 0.1) is 23.7 Å². The van der Waals surface area contributed by atoms with Crippen molar-refractivity contribution in [3.05, 3.63) is 66.5 Å². The molecule has 0 radical (unpaired) electrons. The van der Waals surface area contributed by atoms with Gasteiger partial charge in [-0.3, -0.25) is 19.4 Å². The molecule has 3 aromatic rings. The first-order valence-corrected chi connectivity index (χ1v) is 13.5. The van der Waals surface area contributed by atoms with E-state index in [0.717, 1.165) is 9.69 Å². The third kappa shape index (κ3) is 5.83. The Morgan fingerprint density at radius 2 is 1.78 bits per heavy atom. The second kappa shape index (κ2) is 11.1. The highest BCUT2D eigenvalue weighted by Gasteiger charge is 2.35. The van der Waals surface area contributed by atoms with Gasteiger partial charge < -0.3 is 10.6 Å². The molecule has 0 saturated carbocycles.